The molecule has 2 atom stereocenters. The summed E-state index contributed by atoms with van der Waals surface area (Å²) in [5, 5.41) is 17.6. The number of aryl methyl sites for hydroxylation is 1. The molecule has 5 rings (SSSR count). The van der Waals surface area contributed by atoms with Gasteiger partial charge in [-0.1, -0.05) is 24.3 Å². The lowest BCUT2D eigenvalue weighted by atomic mass is 9.96. The van der Waals surface area contributed by atoms with Gasteiger partial charge in [-0.15, -0.1) is 0 Å². The summed E-state index contributed by atoms with van der Waals surface area (Å²) in [5.74, 6) is 0.261. The third-order valence-corrected chi connectivity index (χ3v) is 7.13. The van der Waals surface area contributed by atoms with Crippen LogP contribution in [0.4, 0.5) is 5.69 Å². The van der Waals surface area contributed by atoms with Crippen molar-refractivity contribution in [3.8, 4) is 11.4 Å². The molecule has 1 fully saturated rings. The topological polar surface area (TPSA) is 65.4 Å². The molecule has 4 aromatic rings. The van der Waals surface area contributed by atoms with E-state index in [1.807, 2.05) is 48.7 Å². The zero-order chi connectivity index (χ0) is 25.1. The van der Waals surface area contributed by atoms with Crippen molar-refractivity contribution in [3.63, 3.8) is 0 Å². The first kappa shape index (κ1) is 23.9. The van der Waals surface area contributed by atoms with E-state index in [9.17, 15) is 5.11 Å². The standard InChI is InChI=1S/C29H31N5OS/c1-20-19-25(21(2)34(20)23-12-14-24(35)15-13-23)28-27(26-11-6-7-16-31-26)32-29(36)33(28)18-8-17-30-22-9-4-3-5-10-22/h3-7,9-16,19,27-28,30,35H,8,17-18H2,1-2H3,(H,32,36)/t27-,28+/m0/s1. The number of para-hydroxylation sites is 1. The van der Waals surface area contributed by atoms with Crippen LogP contribution >= 0.6 is 12.2 Å². The van der Waals surface area contributed by atoms with Gasteiger partial charge in [-0.05, 0) is 92.6 Å². The number of aromatic nitrogens is 2. The van der Waals surface area contributed by atoms with Gasteiger partial charge in [0.2, 0.25) is 0 Å². The SMILES string of the molecule is Cc1cc([C@@H]2[C@H](c3ccccn3)NC(=S)N2CCCNc2ccccc2)c(C)n1-c1ccc(O)cc1. The molecule has 184 valence electrons. The molecule has 0 spiro atoms. The summed E-state index contributed by atoms with van der Waals surface area (Å²) in [6, 6.07) is 25.9. The Balaban J connectivity index is 1.45. The van der Waals surface area contributed by atoms with Crippen molar-refractivity contribution >= 4 is 23.0 Å². The minimum absolute atomic E-state index is 0.0150. The third kappa shape index (κ3) is 4.79. The number of hydrogen-bond donors (Lipinski definition) is 3. The maximum Gasteiger partial charge on any atom is 0.170 e. The molecule has 0 bridgehead atoms. The van der Waals surface area contributed by atoms with E-state index < -0.39 is 0 Å². The quantitative estimate of drug-likeness (QED) is 0.215. The van der Waals surface area contributed by atoms with Crippen molar-refractivity contribution in [2.75, 3.05) is 18.4 Å². The zero-order valence-corrected chi connectivity index (χ0v) is 21.4. The summed E-state index contributed by atoms with van der Waals surface area (Å²) < 4.78 is 2.24. The molecule has 3 N–H and O–H groups in total. The first-order chi connectivity index (χ1) is 17.5. The molecule has 2 aromatic carbocycles. The van der Waals surface area contributed by atoms with E-state index >= 15 is 0 Å². The Morgan fingerprint density at radius 1 is 1.00 bits per heavy atom. The number of phenolic OH excluding ortho intramolecular Hbond substituents is 1. The summed E-state index contributed by atoms with van der Waals surface area (Å²) in [5.41, 5.74) is 6.64. The van der Waals surface area contributed by atoms with Crippen LogP contribution in [-0.4, -0.2) is 37.8 Å². The Bertz CT molecular complexity index is 1320. The van der Waals surface area contributed by atoms with Gasteiger partial charge in [0.1, 0.15) is 5.75 Å². The Labute approximate surface area is 217 Å². The summed E-state index contributed by atoms with van der Waals surface area (Å²) in [4.78, 5) is 6.98. The molecular formula is C29H31N5OS. The summed E-state index contributed by atoms with van der Waals surface area (Å²) >= 11 is 5.86. The monoisotopic (exact) mass is 497 g/mol. The van der Waals surface area contributed by atoms with Crippen LogP contribution in [0.1, 0.15) is 41.1 Å². The predicted octanol–water partition coefficient (Wildman–Crippen LogP) is 5.67. The van der Waals surface area contributed by atoms with E-state index in [4.69, 9.17) is 12.2 Å². The lowest BCUT2D eigenvalue weighted by molar-refractivity contribution is 0.315. The van der Waals surface area contributed by atoms with Gasteiger partial charge in [0.25, 0.3) is 0 Å². The van der Waals surface area contributed by atoms with E-state index in [1.165, 1.54) is 5.56 Å². The number of phenols is 1. The van der Waals surface area contributed by atoms with Crippen LogP contribution in [0.5, 0.6) is 5.75 Å². The second-order valence-electron chi connectivity index (χ2n) is 9.14. The van der Waals surface area contributed by atoms with E-state index in [0.717, 1.165) is 53.1 Å². The second kappa shape index (κ2) is 10.4. The minimum Gasteiger partial charge on any atom is -0.508 e. The second-order valence-corrected chi connectivity index (χ2v) is 9.53. The van der Waals surface area contributed by atoms with Crippen molar-refractivity contribution in [1.29, 1.82) is 0 Å². The van der Waals surface area contributed by atoms with Crippen molar-refractivity contribution in [2.45, 2.75) is 32.4 Å². The maximum absolute atomic E-state index is 9.77. The smallest absolute Gasteiger partial charge is 0.170 e. The molecule has 6 nitrogen and oxygen atoms in total. The van der Waals surface area contributed by atoms with Gasteiger partial charge in [0.15, 0.2) is 5.11 Å². The number of hydrogen-bond acceptors (Lipinski definition) is 4. The average Bonchev–Trinajstić information content (AvgIpc) is 3.38. The van der Waals surface area contributed by atoms with E-state index in [2.05, 4.69) is 63.2 Å². The number of nitrogens with zero attached hydrogens (tertiary/aromatic N) is 3. The lowest BCUT2D eigenvalue weighted by Crippen LogP contribution is -2.31. The Morgan fingerprint density at radius 2 is 1.75 bits per heavy atom. The first-order valence-corrected chi connectivity index (χ1v) is 12.7. The van der Waals surface area contributed by atoms with Gasteiger partial charge in [-0.3, -0.25) is 4.98 Å². The highest BCUT2D eigenvalue weighted by Crippen LogP contribution is 2.41. The maximum atomic E-state index is 9.77. The van der Waals surface area contributed by atoms with Crippen LogP contribution in [0, 0.1) is 13.8 Å². The highest BCUT2D eigenvalue weighted by molar-refractivity contribution is 7.80. The van der Waals surface area contributed by atoms with Gasteiger partial charge >= 0.3 is 0 Å². The van der Waals surface area contributed by atoms with Crippen molar-refractivity contribution in [3.05, 3.63) is 108 Å². The summed E-state index contributed by atoms with van der Waals surface area (Å²) in [6.45, 7) is 5.95. The van der Waals surface area contributed by atoms with Crippen LogP contribution in [0.3, 0.4) is 0 Å². The molecule has 1 aliphatic heterocycles. The minimum atomic E-state index is -0.0467. The highest BCUT2D eigenvalue weighted by atomic mass is 32.1. The van der Waals surface area contributed by atoms with Crippen molar-refractivity contribution in [1.82, 2.24) is 19.8 Å². The number of aromatic hydroxyl groups is 1. The van der Waals surface area contributed by atoms with E-state index in [0.29, 0.717) is 0 Å². The molecular weight excluding hydrogens is 466 g/mol. The molecule has 0 aliphatic carbocycles. The molecule has 1 aliphatic rings. The molecule has 0 amide bonds. The van der Waals surface area contributed by atoms with Crippen LogP contribution in [0.15, 0.2) is 85.1 Å². The number of anilines is 1. The number of pyridine rings is 1. The van der Waals surface area contributed by atoms with Gasteiger partial charge in [-0.25, -0.2) is 0 Å². The number of thiocarbonyl (C=S) groups is 1. The predicted molar refractivity (Wildman–Crippen MR) is 149 cm³/mol. The fourth-order valence-electron chi connectivity index (χ4n) is 5.11. The number of nitrogens with one attached hydrogen (secondary N) is 2. The highest BCUT2D eigenvalue weighted by Gasteiger charge is 2.41. The third-order valence-electron chi connectivity index (χ3n) is 6.77. The largest absolute Gasteiger partial charge is 0.508 e. The first-order valence-electron chi connectivity index (χ1n) is 12.3. The molecule has 0 unspecified atom stereocenters. The van der Waals surface area contributed by atoms with Crippen LogP contribution in [-0.2, 0) is 0 Å². The molecule has 2 aromatic heterocycles. The Morgan fingerprint density at radius 3 is 2.47 bits per heavy atom. The fourth-order valence-corrected chi connectivity index (χ4v) is 5.44. The Hall–Kier alpha value is -3.84. The van der Waals surface area contributed by atoms with Gasteiger partial charge in [-0.2, -0.15) is 0 Å². The molecule has 36 heavy (non-hydrogen) atoms. The fraction of sp³-hybridized carbons (Fsp3) is 0.241. The Kier molecular flexibility index (Phi) is 6.91. The van der Waals surface area contributed by atoms with Crippen LogP contribution < -0.4 is 10.6 Å². The normalized spacial score (nSPS) is 17.3. The molecule has 3 heterocycles. The molecule has 0 saturated carbocycles. The number of benzene rings is 2. The van der Waals surface area contributed by atoms with Crippen molar-refractivity contribution < 1.29 is 5.11 Å². The summed E-state index contributed by atoms with van der Waals surface area (Å²) in [6.07, 6.45) is 2.78. The number of rotatable bonds is 8. The molecule has 7 heteroatoms. The van der Waals surface area contributed by atoms with Gasteiger partial charge in [0.05, 0.1) is 17.8 Å². The van der Waals surface area contributed by atoms with E-state index in [1.54, 1.807) is 12.1 Å². The van der Waals surface area contributed by atoms with E-state index in [-0.39, 0.29) is 17.8 Å². The lowest BCUT2D eigenvalue weighted by Gasteiger charge is -2.28. The van der Waals surface area contributed by atoms with Gasteiger partial charge < -0.3 is 25.2 Å². The average molecular weight is 498 g/mol. The van der Waals surface area contributed by atoms with Crippen LogP contribution in [0.25, 0.3) is 5.69 Å². The molecule has 1 saturated heterocycles. The summed E-state index contributed by atoms with van der Waals surface area (Å²) in [7, 11) is 0. The van der Waals surface area contributed by atoms with Gasteiger partial charge in [0, 0.05) is 42.0 Å². The zero-order valence-electron chi connectivity index (χ0n) is 20.6. The van der Waals surface area contributed by atoms with Crippen LogP contribution in [0.2, 0.25) is 0 Å². The van der Waals surface area contributed by atoms with Crippen molar-refractivity contribution in [2.24, 2.45) is 0 Å². The molecule has 0 radical (unpaired) electrons.